The third-order valence-corrected chi connectivity index (χ3v) is 6.41. The van der Waals surface area contributed by atoms with Crippen LogP contribution in [-0.4, -0.2) is 6.04 Å². The molecule has 1 N–H and O–H groups in total. The Bertz CT molecular complexity index is 658. The predicted molar refractivity (Wildman–Crippen MR) is 93.8 cm³/mol. The Morgan fingerprint density at radius 1 is 0.905 bits per heavy atom. The van der Waals surface area contributed by atoms with Crippen molar-refractivity contribution in [1.82, 2.24) is 0 Å². The SMILES string of the molecule is Brc1ccc(NC2CCC23CCCCC3)c2ccccc12. The van der Waals surface area contributed by atoms with Gasteiger partial charge in [0, 0.05) is 21.6 Å². The molecule has 2 aliphatic rings. The highest BCUT2D eigenvalue weighted by Crippen LogP contribution is 2.53. The fourth-order valence-corrected chi connectivity index (χ4v) is 4.83. The summed E-state index contributed by atoms with van der Waals surface area (Å²) in [7, 11) is 0. The number of hydrogen-bond acceptors (Lipinski definition) is 1. The van der Waals surface area contributed by atoms with Crippen LogP contribution >= 0.6 is 15.9 Å². The molecular formula is C19H22BrN. The van der Waals surface area contributed by atoms with E-state index in [1.165, 1.54) is 65.9 Å². The first-order valence-corrected chi connectivity index (χ1v) is 9.02. The molecule has 2 heteroatoms. The molecule has 0 amide bonds. The van der Waals surface area contributed by atoms with Gasteiger partial charge in [-0.3, -0.25) is 0 Å². The normalized spacial score (nSPS) is 24.0. The van der Waals surface area contributed by atoms with Crippen LogP contribution in [0.3, 0.4) is 0 Å². The lowest BCUT2D eigenvalue weighted by Gasteiger charge is -2.53. The molecule has 2 saturated carbocycles. The van der Waals surface area contributed by atoms with Crippen LogP contribution in [0.1, 0.15) is 44.9 Å². The van der Waals surface area contributed by atoms with Crippen LogP contribution < -0.4 is 5.32 Å². The Balaban J connectivity index is 1.64. The van der Waals surface area contributed by atoms with E-state index in [-0.39, 0.29) is 0 Å². The molecule has 0 bridgehead atoms. The van der Waals surface area contributed by atoms with Crippen molar-refractivity contribution in [2.45, 2.75) is 51.0 Å². The van der Waals surface area contributed by atoms with Gasteiger partial charge in [-0.1, -0.05) is 59.5 Å². The second kappa shape index (κ2) is 5.31. The standard InChI is InChI=1S/C19H22BrN/c20-16-8-9-17(15-7-3-2-6-14(15)16)21-18-10-13-19(18)11-4-1-5-12-19/h2-3,6-9,18,21H,1,4-5,10-13H2. The van der Waals surface area contributed by atoms with Crippen molar-refractivity contribution >= 4 is 32.4 Å². The number of rotatable bonds is 2. The maximum Gasteiger partial charge on any atom is 0.0423 e. The molecule has 4 rings (SSSR count). The molecule has 2 aliphatic carbocycles. The van der Waals surface area contributed by atoms with E-state index >= 15 is 0 Å². The molecule has 1 nitrogen and oxygen atoms in total. The van der Waals surface area contributed by atoms with Gasteiger partial charge < -0.3 is 5.32 Å². The van der Waals surface area contributed by atoms with Crippen molar-refractivity contribution < 1.29 is 0 Å². The highest BCUT2D eigenvalue weighted by atomic mass is 79.9. The summed E-state index contributed by atoms with van der Waals surface area (Å²) >= 11 is 3.67. The zero-order valence-electron chi connectivity index (χ0n) is 12.4. The van der Waals surface area contributed by atoms with Crippen molar-refractivity contribution in [3.05, 3.63) is 40.9 Å². The molecule has 1 unspecified atom stereocenters. The van der Waals surface area contributed by atoms with E-state index in [1.807, 2.05) is 0 Å². The van der Waals surface area contributed by atoms with Gasteiger partial charge in [-0.25, -0.2) is 0 Å². The minimum absolute atomic E-state index is 0.604. The Morgan fingerprint density at radius 2 is 1.67 bits per heavy atom. The van der Waals surface area contributed by atoms with Crippen molar-refractivity contribution in [3.8, 4) is 0 Å². The largest absolute Gasteiger partial charge is 0.381 e. The molecular weight excluding hydrogens is 322 g/mol. The maximum atomic E-state index is 3.89. The van der Waals surface area contributed by atoms with Gasteiger partial charge in [0.1, 0.15) is 0 Å². The van der Waals surface area contributed by atoms with Crippen LogP contribution in [0.25, 0.3) is 10.8 Å². The van der Waals surface area contributed by atoms with E-state index < -0.39 is 0 Å². The Labute approximate surface area is 135 Å². The molecule has 21 heavy (non-hydrogen) atoms. The molecule has 0 aromatic heterocycles. The van der Waals surface area contributed by atoms with Gasteiger partial charge in [0.15, 0.2) is 0 Å². The van der Waals surface area contributed by atoms with E-state index in [0.29, 0.717) is 11.5 Å². The molecule has 1 spiro atoms. The van der Waals surface area contributed by atoms with Gasteiger partial charge in [-0.15, -0.1) is 0 Å². The van der Waals surface area contributed by atoms with E-state index in [2.05, 4.69) is 57.6 Å². The quantitative estimate of drug-likeness (QED) is 0.691. The summed E-state index contributed by atoms with van der Waals surface area (Å²) in [6, 6.07) is 13.8. The van der Waals surface area contributed by atoms with Crippen LogP contribution in [0, 0.1) is 5.41 Å². The first kappa shape index (κ1) is 13.6. The molecule has 2 aromatic carbocycles. The summed E-state index contributed by atoms with van der Waals surface area (Å²) in [5, 5.41) is 6.53. The summed E-state index contributed by atoms with van der Waals surface area (Å²) < 4.78 is 1.18. The first-order valence-electron chi connectivity index (χ1n) is 8.22. The molecule has 110 valence electrons. The molecule has 2 fully saturated rings. The van der Waals surface area contributed by atoms with Gasteiger partial charge in [-0.05, 0) is 48.6 Å². The summed E-state index contributed by atoms with van der Waals surface area (Å²) in [4.78, 5) is 0. The fraction of sp³-hybridized carbons (Fsp3) is 0.474. The zero-order chi connectivity index (χ0) is 14.3. The lowest BCUT2D eigenvalue weighted by Crippen LogP contribution is -2.50. The zero-order valence-corrected chi connectivity index (χ0v) is 14.0. The summed E-state index contributed by atoms with van der Waals surface area (Å²) in [6.45, 7) is 0. The number of fused-ring (bicyclic) bond motifs is 1. The third-order valence-electron chi connectivity index (χ3n) is 5.72. The van der Waals surface area contributed by atoms with Crippen molar-refractivity contribution in [2.24, 2.45) is 5.41 Å². The van der Waals surface area contributed by atoms with Crippen molar-refractivity contribution in [3.63, 3.8) is 0 Å². The molecule has 0 radical (unpaired) electrons. The minimum atomic E-state index is 0.604. The van der Waals surface area contributed by atoms with E-state index in [4.69, 9.17) is 0 Å². The Hall–Kier alpha value is -1.02. The summed E-state index contributed by atoms with van der Waals surface area (Å²) in [5.74, 6) is 0. The topological polar surface area (TPSA) is 12.0 Å². The number of anilines is 1. The lowest BCUT2D eigenvalue weighted by molar-refractivity contribution is 0.0572. The van der Waals surface area contributed by atoms with Gasteiger partial charge in [-0.2, -0.15) is 0 Å². The summed E-state index contributed by atoms with van der Waals surface area (Å²) in [5.41, 5.74) is 1.91. The summed E-state index contributed by atoms with van der Waals surface area (Å²) in [6.07, 6.45) is 9.93. The van der Waals surface area contributed by atoms with E-state index in [0.717, 1.165) is 0 Å². The first-order chi connectivity index (χ1) is 10.3. The van der Waals surface area contributed by atoms with Crippen LogP contribution in [0.2, 0.25) is 0 Å². The van der Waals surface area contributed by atoms with Crippen LogP contribution in [0.5, 0.6) is 0 Å². The highest BCUT2D eigenvalue weighted by Gasteiger charge is 2.46. The van der Waals surface area contributed by atoms with Crippen molar-refractivity contribution in [1.29, 1.82) is 0 Å². The molecule has 2 aromatic rings. The van der Waals surface area contributed by atoms with Gasteiger partial charge in [0.05, 0.1) is 0 Å². The number of nitrogens with one attached hydrogen (secondary N) is 1. The van der Waals surface area contributed by atoms with Crippen LogP contribution in [0.15, 0.2) is 40.9 Å². The second-order valence-electron chi connectivity index (χ2n) is 6.80. The van der Waals surface area contributed by atoms with Crippen molar-refractivity contribution in [2.75, 3.05) is 5.32 Å². The molecule has 0 saturated heterocycles. The molecule has 1 atom stereocenters. The fourth-order valence-electron chi connectivity index (χ4n) is 4.35. The number of halogens is 1. The predicted octanol–water partition coefficient (Wildman–Crippen LogP) is 6.13. The third kappa shape index (κ3) is 2.28. The van der Waals surface area contributed by atoms with E-state index in [1.54, 1.807) is 0 Å². The number of hydrogen-bond donors (Lipinski definition) is 1. The molecule has 0 heterocycles. The second-order valence-corrected chi connectivity index (χ2v) is 7.65. The maximum absolute atomic E-state index is 3.89. The minimum Gasteiger partial charge on any atom is -0.381 e. The van der Waals surface area contributed by atoms with E-state index in [9.17, 15) is 0 Å². The number of benzene rings is 2. The Kier molecular flexibility index (Phi) is 3.45. The Morgan fingerprint density at radius 3 is 2.38 bits per heavy atom. The highest BCUT2D eigenvalue weighted by molar-refractivity contribution is 9.10. The average Bonchev–Trinajstić information content (AvgIpc) is 2.54. The smallest absolute Gasteiger partial charge is 0.0423 e. The monoisotopic (exact) mass is 343 g/mol. The average molecular weight is 344 g/mol. The van der Waals surface area contributed by atoms with Gasteiger partial charge >= 0.3 is 0 Å². The van der Waals surface area contributed by atoms with Crippen LogP contribution in [0.4, 0.5) is 5.69 Å². The molecule has 0 aliphatic heterocycles. The van der Waals surface area contributed by atoms with Gasteiger partial charge in [0.25, 0.3) is 0 Å². The van der Waals surface area contributed by atoms with Crippen LogP contribution in [-0.2, 0) is 0 Å². The van der Waals surface area contributed by atoms with Gasteiger partial charge in [0.2, 0.25) is 0 Å². The lowest BCUT2D eigenvalue weighted by atomic mass is 9.57.